The number of hydrogen-bond donors (Lipinski definition) is 1. The fourth-order valence-corrected chi connectivity index (χ4v) is 2.18. The Morgan fingerprint density at radius 1 is 1.17 bits per heavy atom. The lowest BCUT2D eigenvalue weighted by Crippen LogP contribution is -2.28. The molecule has 0 saturated carbocycles. The molecule has 2 heteroatoms. The minimum Gasteiger partial charge on any atom is -0.496 e. The first-order chi connectivity index (χ1) is 8.45. The summed E-state index contributed by atoms with van der Waals surface area (Å²) in [4.78, 5) is 0. The van der Waals surface area contributed by atoms with E-state index in [-0.39, 0.29) is 0 Å². The van der Waals surface area contributed by atoms with Crippen LogP contribution in [0.25, 0.3) is 0 Å². The fourth-order valence-electron chi connectivity index (χ4n) is 2.18. The first kappa shape index (κ1) is 15.0. The molecule has 1 aromatic rings. The second-order valence-electron chi connectivity index (χ2n) is 5.57. The average molecular weight is 249 g/mol. The third kappa shape index (κ3) is 4.02. The zero-order valence-electron chi connectivity index (χ0n) is 12.6. The molecule has 1 unspecified atom stereocenters. The van der Waals surface area contributed by atoms with E-state index in [1.165, 1.54) is 16.7 Å². The molecule has 0 aromatic heterocycles. The van der Waals surface area contributed by atoms with Gasteiger partial charge in [-0.2, -0.15) is 0 Å². The molecule has 102 valence electrons. The van der Waals surface area contributed by atoms with Gasteiger partial charge in [0, 0.05) is 6.04 Å². The molecular weight excluding hydrogens is 222 g/mol. The summed E-state index contributed by atoms with van der Waals surface area (Å²) in [5.74, 6) is 1.68. The number of rotatable bonds is 6. The summed E-state index contributed by atoms with van der Waals surface area (Å²) < 4.78 is 5.56. The number of nitrogens with one attached hydrogen (secondary N) is 1. The molecule has 1 atom stereocenters. The lowest BCUT2D eigenvalue weighted by molar-refractivity contribution is 0.399. The topological polar surface area (TPSA) is 21.3 Å². The van der Waals surface area contributed by atoms with Crippen molar-refractivity contribution >= 4 is 0 Å². The van der Waals surface area contributed by atoms with Crippen LogP contribution in [-0.2, 0) is 6.42 Å². The van der Waals surface area contributed by atoms with Crippen LogP contribution in [0, 0.1) is 19.8 Å². The molecule has 18 heavy (non-hydrogen) atoms. The van der Waals surface area contributed by atoms with E-state index in [9.17, 15) is 0 Å². The molecule has 0 aliphatic carbocycles. The van der Waals surface area contributed by atoms with E-state index < -0.39 is 0 Å². The summed E-state index contributed by atoms with van der Waals surface area (Å²) in [5, 5.41) is 3.49. The van der Waals surface area contributed by atoms with Gasteiger partial charge in [-0.05, 0) is 49.4 Å². The van der Waals surface area contributed by atoms with Crippen LogP contribution in [0.5, 0.6) is 5.75 Å². The Morgan fingerprint density at radius 2 is 1.83 bits per heavy atom. The Labute approximate surface area is 112 Å². The number of hydrogen-bond acceptors (Lipinski definition) is 2. The van der Waals surface area contributed by atoms with Crippen LogP contribution < -0.4 is 10.1 Å². The Kier molecular flexibility index (Phi) is 5.67. The quantitative estimate of drug-likeness (QED) is 0.833. The van der Waals surface area contributed by atoms with Gasteiger partial charge in [-0.1, -0.05) is 32.9 Å². The van der Waals surface area contributed by atoms with Crippen molar-refractivity contribution in [2.24, 2.45) is 5.92 Å². The second-order valence-corrected chi connectivity index (χ2v) is 5.57. The highest BCUT2D eigenvalue weighted by Gasteiger charge is 2.12. The third-order valence-electron chi connectivity index (χ3n) is 3.41. The van der Waals surface area contributed by atoms with Crippen LogP contribution in [0.15, 0.2) is 12.1 Å². The van der Waals surface area contributed by atoms with Crippen LogP contribution in [0.2, 0.25) is 0 Å². The molecule has 0 bridgehead atoms. The fraction of sp³-hybridized carbons (Fsp3) is 0.625. The first-order valence-corrected chi connectivity index (χ1v) is 6.82. The minimum absolute atomic E-state index is 0.550. The van der Waals surface area contributed by atoms with E-state index in [0.29, 0.717) is 12.0 Å². The number of ether oxygens (including phenoxy) is 1. The van der Waals surface area contributed by atoms with Crippen LogP contribution >= 0.6 is 0 Å². The SMILES string of the molecule is COc1c(CC(C)CNC(C)C)ccc(C)c1C. The Balaban J connectivity index is 2.75. The number of benzene rings is 1. The van der Waals surface area contributed by atoms with Gasteiger partial charge in [0.25, 0.3) is 0 Å². The highest BCUT2D eigenvalue weighted by molar-refractivity contribution is 5.45. The van der Waals surface area contributed by atoms with E-state index >= 15 is 0 Å². The molecule has 1 N–H and O–H groups in total. The molecule has 0 aliphatic rings. The van der Waals surface area contributed by atoms with E-state index in [1.54, 1.807) is 7.11 Å². The standard InChI is InChI=1S/C16H27NO/c1-11(2)17-10-12(3)9-15-8-7-13(4)14(5)16(15)18-6/h7-8,11-12,17H,9-10H2,1-6H3. The second kappa shape index (κ2) is 6.79. The molecule has 2 nitrogen and oxygen atoms in total. The van der Waals surface area contributed by atoms with Gasteiger partial charge >= 0.3 is 0 Å². The molecule has 1 rings (SSSR count). The van der Waals surface area contributed by atoms with Crippen LogP contribution in [-0.4, -0.2) is 19.7 Å². The zero-order valence-corrected chi connectivity index (χ0v) is 12.6. The van der Waals surface area contributed by atoms with Crippen molar-refractivity contribution in [3.63, 3.8) is 0 Å². The van der Waals surface area contributed by atoms with Crippen LogP contribution in [0.1, 0.15) is 37.5 Å². The minimum atomic E-state index is 0.550. The van der Waals surface area contributed by atoms with Gasteiger partial charge in [0.05, 0.1) is 7.11 Å². The summed E-state index contributed by atoms with van der Waals surface area (Å²) >= 11 is 0. The zero-order chi connectivity index (χ0) is 13.7. The van der Waals surface area contributed by atoms with Gasteiger partial charge in [-0.3, -0.25) is 0 Å². The largest absolute Gasteiger partial charge is 0.496 e. The van der Waals surface area contributed by atoms with Crippen molar-refractivity contribution in [3.05, 3.63) is 28.8 Å². The van der Waals surface area contributed by atoms with Gasteiger partial charge < -0.3 is 10.1 Å². The molecule has 0 fully saturated rings. The van der Waals surface area contributed by atoms with Crippen LogP contribution in [0.4, 0.5) is 0 Å². The molecule has 0 saturated heterocycles. The van der Waals surface area contributed by atoms with Gasteiger partial charge in [-0.15, -0.1) is 0 Å². The normalized spacial score (nSPS) is 12.8. The maximum absolute atomic E-state index is 5.56. The maximum atomic E-state index is 5.56. The van der Waals surface area contributed by atoms with Crippen molar-refractivity contribution in [2.45, 2.75) is 47.1 Å². The molecule has 0 radical (unpaired) electrons. The summed E-state index contributed by atoms with van der Waals surface area (Å²) in [7, 11) is 1.77. The van der Waals surface area contributed by atoms with Gasteiger partial charge in [0.2, 0.25) is 0 Å². The highest BCUT2D eigenvalue weighted by Crippen LogP contribution is 2.28. The van der Waals surface area contributed by atoms with E-state index in [4.69, 9.17) is 4.74 Å². The summed E-state index contributed by atoms with van der Waals surface area (Å²) in [5.41, 5.74) is 3.88. The molecule has 0 spiro atoms. The van der Waals surface area contributed by atoms with Gasteiger partial charge in [0.1, 0.15) is 5.75 Å². The van der Waals surface area contributed by atoms with E-state index in [0.717, 1.165) is 18.7 Å². The molecule has 0 aliphatic heterocycles. The average Bonchev–Trinajstić information content (AvgIpc) is 2.32. The Hall–Kier alpha value is -1.02. The van der Waals surface area contributed by atoms with Crippen molar-refractivity contribution in [1.29, 1.82) is 0 Å². The smallest absolute Gasteiger partial charge is 0.125 e. The predicted octanol–water partition coefficient (Wildman–Crippen LogP) is 3.49. The van der Waals surface area contributed by atoms with Crippen LogP contribution in [0.3, 0.4) is 0 Å². The Morgan fingerprint density at radius 3 is 2.39 bits per heavy atom. The van der Waals surface area contributed by atoms with Crippen molar-refractivity contribution in [3.8, 4) is 5.75 Å². The molecule has 0 amide bonds. The monoisotopic (exact) mass is 249 g/mol. The molecule has 0 heterocycles. The predicted molar refractivity (Wildman–Crippen MR) is 78.5 cm³/mol. The lowest BCUT2D eigenvalue weighted by atomic mass is 9.96. The summed E-state index contributed by atoms with van der Waals surface area (Å²) in [6.07, 6.45) is 1.06. The van der Waals surface area contributed by atoms with Crippen molar-refractivity contribution in [1.82, 2.24) is 5.32 Å². The third-order valence-corrected chi connectivity index (χ3v) is 3.41. The highest BCUT2D eigenvalue weighted by atomic mass is 16.5. The number of methoxy groups -OCH3 is 1. The van der Waals surface area contributed by atoms with Gasteiger partial charge in [-0.25, -0.2) is 0 Å². The van der Waals surface area contributed by atoms with E-state index in [1.807, 2.05) is 0 Å². The molecule has 1 aromatic carbocycles. The van der Waals surface area contributed by atoms with E-state index in [2.05, 4.69) is 52.1 Å². The molecular formula is C16H27NO. The first-order valence-electron chi connectivity index (χ1n) is 6.82. The van der Waals surface area contributed by atoms with Crippen molar-refractivity contribution < 1.29 is 4.74 Å². The van der Waals surface area contributed by atoms with Crippen molar-refractivity contribution in [2.75, 3.05) is 13.7 Å². The lowest BCUT2D eigenvalue weighted by Gasteiger charge is -2.18. The summed E-state index contributed by atoms with van der Waals surface area (Å²) in [6.45, 7) is 12.0. The van der Waals surface area contributed by atoms with Gasteiger partial charge in [0.15, 0.2) is 0 Å². The number of aryl methyl sites for hydroxylation is 1. The maximum Gasteiger partial charge on any atom is 0.125 e. The summed E-state index contributed by atoms with van der Waals surface area (Å²) in [6, 6.07) is 4.94. The Bertz CT molecular complexity index is 385.